The van der Waals surface area contributed by atoms with Crippen molar-refractivity contribution in [1.29, 1.82) is 0 Å². The van der Waals surface area contributed by atoms with Crippen LogP contribution in [0.15, 0.2) is 42.5 Å². The first-order chi connectivity index (χ1) is 14.4. The van der Waals surface area contributed by atoms with Gasteiger partial charge in [0.15, 0.2) is 5.78 Å². The van der Waals surface area contributed by atoms with Crippen LogP contribution in [-0.2, 0) is 4.74 Å². The quantitative estimate of drug-likeness (QED) is 0.725. The van der Waals surface area contributed by atoms with Gasteiger partial charge in [-0.2, -0.15) is 0 Å². The molecule has 0 saturated carbocycles. The third-order valence-electron chi connectivity index (χ3n) is 5.79. The Hall–Kier alpha value is -3.35. The van der Waals surface area contributed by atoms with E-state index in [4.69, 9.17) is 14.2 Å². The summed E-state index contributed by atoms with van der Waals surface area (Å²) in [6, 6.07) is 11.8. The lowest BCUT2D eigenvalue weighted by Gasteiger charge is -2.44. The number of amides is 1. The highest BCUT2D eigenvalue weighted by Gasteiger charge is 2.43. The summed E-state index contributed by atoms with van der Waals surface area (Å²) in [5.74, 6) is 0.587. The van der Waals surface area contributed by atoms with Gasteiger partial charge in [-0.15, -0.1) is 0 Å². The smallest absolute Gasteiger partial charge is 0.337 e. The second-order valence-corrected chi connectivity index (χ2v) is 7.61. The predicted molar refractivity (Wildman–Crippen MR) is 108 cm³/mol. The van der Waals surface area contributed by atoms with Crippen LogP contribution >= 0.6 is 0 Å². The first-order valence-electron chi connectivity index (χ1n) is 9.83. The van der Waals surface area contributed by atoms with Gasteiger partial charge >= 0.3 is 5.97 Å². The van der Waals surface area contributed by atoms with Gasteiger partial charge in [-0.3, -0.25) is 9.59 Å². The number of hydrogen-bond donors (Lipinski definition) is 0. The number of esters is 1. The molecule has 2 heterocycles. The summed E-state index contributed by atoms with van der Waals surface area (Å²) in [4.78, 5) is 39.1. The molecule has 2 aromatic carbocycles. The van der Waals surface area contributed by atoms with Crippen LogP contribution in [0.1, 0.15) is 50.3 Å². The van der Waals surface area contributed by atoms with Crippen LogP contribution in [-0.4, -0.2) is 55.5 Å². The first kappa shape index (κ1) is 19.9. The first-order valence-corrected chi connectivity index (χ1v) is 9.83. The number of ketones is 1. The minimum absolute atomic E-state index is 0.0284. The Kier molecular flexibility index (Phi) is 5.20. The highest BCUT2D eigenvalue weighted by atomic mass is 16.5. The van der Waals surface area contributed by atoms with Crippen LogP contribution < -0.4 is 9.47 Å². The number of hydrogen-bond acceptors (Lipinski definition) is 6. The third kappa shape index (κ3) is 3.63. The van der Waals surface area contributed by atoms with Crippen LogP contribution in [0.3, 0.4) is 0 Å². The molecule has 2 aliphatic rings. The number of benzene rings is 2. The van der Waals surface area contributed by atoms with Gasteiger partial charge in [0, 0.05) is 31.5 Å². The maximum Gasteiger partial charge on any atom is 0.337 e. The monoisotopic (exact) mass is 409 g/mol. The third-order valence-corrected chi connectivity index (χ3v) is 5.79. The van der Waals surface area contributed by atoms with Crippen LogP contribution in [0.25, 0.3) is 0 Å². The predicted octanol–water partition coefficient (Wildman–Crippen LogP) is 3.12. The molecule has 156 valence electrons. The highest BCUT2D eigenvalue weighted by Crippen LogP contribution is 2.40. The summed E-state index contributed by atoms with van der Waals surface area (Å²) in [5.41, 5.74) is 0.721. The molecule has 0 unspecified atom stereocenters. The second-order valence-electron chi connectivity index (χ2n) is 7.61. The number of nitrogens with zero attached hydrogens (tertiary/aromatic N) is 1. The molecule has 0 aliphatic carbocycles. The highest BCUT2D eigenvalue weighted by molar-refractivity contribution is 6.01. The van der Waals surface area contributed by atoms with Gasteiger partial charge in [0.25, 0.3) is 5.91 Å². The van der Waals surface area contributed by atoms with Gasteiger partial charge in [-0.1, -0.05) is 6.07 Å². The standard InChI is InChI=1S/C23H23NO6/c1-28-17-6-7-20-18(13-17)19(25)14-23(30-20)8-10-24(11-9-23)21(26)15-4-3-5-16(12-15)22(27)29-2/h3-7,12-13H,8-11,14H2,1-2H3. The molecule has 0 N–H and O–H groups in total. The average Bonchev–Trinajstić information content (AvgIpc) is 2.78. The number of Topliss-reactive ketones (excluding diaryl/α,β-unsaturated/α-hetero) is 1. The number of fused-ring (bicyclic) bond motifs is 1. The SMILES string of the molecule is COC(=O)c1cccc(C(=O)N2CCC3(CC2)CC(=O)c2cc(OC)ccc2O3)c1. The minimum Gasteiger partial charge on any atom is -0.497 e. The van der Waals surface area contributed by atoms with Crippen molar-refractivity contribution in [2.45, 2.75) is 24.9 Å². The number of carbonyl (C=O) groups excluding carboxylic acids is 3. The number of methoxy groups -OCH3 is 2. The normalized spacial score (nSPS) is 17.1. The number of carbonyl (C=O) groups is 3. The summed E-state index contributed by atoms with van der Waals surface area (Å²) in [6.07, 6.45) is 1.41. The molecule has 2 aromatic rings. The second kappa shape index (κ2) is 7.82. The fourth-order valence-electron chi connectivity index (χ4n) is 4.08. The van der Waals surface area contributed by atoms with Crippen molar-refractivity contribution in [2.75, 3.05) is 27.3 Å². The van der Waals surface area contributed by atoms with Gasteiger partial charge in [0.1, 0.15) is 17.1 Å². The van der Waals surface area contributed by atoms with Crippen LogP contribution in [0, 0.1) is 0 Å². The van der Waals surface area contributed by atoms with Crippen molar-refractivity contribution in [3.05, 3.63) is 59.2 Å². The van der Waals surface area contributed by atoms with Crippen molar-refractivity contribution in [3.8, 4) is 11.5 Å². The van der Waals surface area contributed by atoms with Crippen molar-refractivity contribution in [3.63, 3.8) is 0 Å². The molecule has 0 aromatic heterocycles. The molecule has 30 heavy (non-hydrogen) atoms. The van der Waals surface area contributed by atoms with Crippen molar-refractivity contribution in [1.82, 2.24) is 4.90 Å². The summed E-state index contributed by atoms with van der Waals surface area (Å²) in [6.45, 7) is 0.945. The number of likely N-dealkylation sites (tertiary alicyclic amines) is 1. The minimum atomic E-state index is -0.594. The molecule has 1 fully saturated rings. The van der Waals surface area contributed by atoms with E-state index in [1.165, 1.54) is 7.11 Å². The number of rotatable bonds is 3. The zero-order chi connectivity index (χ0) is 21.3. The molecule has 1 amide bonds. The molecule has 0 atom stereocenters. The lowest BCUT2D eigenvalue weighted by molar-refractivity contribution is -0.00577. The van der Waals surface area contributed by atoms with Gasteiger partial charge < -0.3 is 19.1 Å². The van der Waals surface area contributed by atoms with E-state index in [9.17, 15) is 14.4 Å². The maximum atomic E-state index is 12.9. The van der Waals surface area contributed by atoms with E-state index in [1.807, 2.05) is 0 Å². The fourth-order valence-corrected chi connectivity index (χ4v) is 4.08. The topological polar surface area (TPSA) is 82.1 Å². The van der Waals surface area contributed by atoms with Gasteiger partial charge in [0.05, 0.1) is 31.8 Å². The molecule has 7 heteroatoms. The Morgan fingerprint density at radius 2 is 1.77 bits per heavy atom. The largest absolute Gasteiger partial charge is 0.497 e. The summed E-state index contributed by atoms with van der Waals surface area (Å²) in [5, 5.41) is 0. The zero-order valence-corrected chi connectivity index (χ0v) is 17.0. The van der Waals surface area contributed by atoms with E-state index in [0.29, 0.717) is 54.1 Å². The molecular formula is C23H23NO6. The average molecular weight is 409 g/mol. The number of piperidine rings is 1. The summed E-state index contributed by atoms with van der Waals surface area (Å²) in [7, 11) is 2.87. The summed E-state index contributed by atoms with van der Waals surface area (Å²) < 4.78 is 16.2. The summed E-state index contributed by atoms with van der Waals surface area (Å²) >= 11 is 0. The van der Waals surface area contributed by atoms with E-state index in [2.05, 4.69) is 0 Å². The molecule has 2 aliphatic heterocycles. The number of ether oxygens (including phenoxy) is 3. The molecule has 0 radical (unpaired) electrons. The van der Waals surface area contributed by atoms with E-state index >= 15 is 0 Å². The van der Waals surface area contributed by atoms with Crippen molar-refractivity contribution >= 4 is 17.7 Å². The van der Waals surface area contributed by atoms with E-state index in [0.717, 1.165) is 0 Å². The Morgan fingerprint density at radius 1 is 1.03 bits per heavy atom. The van der Waals surface area contributed by atoms with Crippen LogP contribution in [0.5, 0.6) is 11.5 Å². The van der Waals surface area contributed by atoms with Crippen LogP contribution in [0.4, 0.5) is 0 Å². The van der Waals surface area contributed by atoms with Crippen molar-refractivity contribution in [2.24, 2.45) is 0 Å². The van der Waals surface area contributed by atoms with Crippen LogP contribution in [0.2, 0.25) is 0 Å². The van der Waals surface area contributed by atoms with Gasteiger partial charge in [-0.25, -0.2) is 4.79 Å². The molecule has 4 rings (SSSR count). The zero-order valence-electron chi connectivity index (χ0n) is 17.0. The molecule has 1 saturated heterocycles. The molecule has 0 bridgehead atoms. The molecular weight excluding hydrogens is 386 g/mol. The Labute approximate surface area is 174 Å². The fraction of sp³-hybridized carbons (Fsp3) is 0.348. The van der Waals surface area contributed by atoms with E-state index < -0.39 is 11.6 Å². The Bertz CT molecular complexity index is 1010. The molecule has 7 nitrogen and oxygen atoms in total. The maximum absolute atomic E-state index is 12.9. The van der Waals surface area contributed by atoms with E-state index in [-0.39, 0.29) is 18.1 Å². The lowest BCUT2D eigenvalue weighted by atomic mass is 9.82. The lowest BCUT2D eigenvalue weighted by Crippen LogP contribution is -2.52. The molecule has 1 spiro atoms. The van der Waals surface area contributed by atoms with Gasteiger partial charge in [-0.05, 0) is 36.4 Å². The Balaban J connectivity index is 1.47. The van der Waals surface area contributed by atoms with E-state index in [1.54, 1.807) is 54.5 Å². The Morgan fingerprint density at radius 3 is 2.47 bits per heavy atom. The van der Waals surface area contributed by atoms with Gasteiger partial charge in [0.2, 0.25) is 0 Å². The van der Waals surface area contributed by atoms with Crippen molar-refractivity contribution < 1.29 is 28.6 Å².